The third-order valence-corrected chi connectivity index (χ3v) is 4.26. The monoisotopic (exact) mass is 386 g/mol. The minimum Gasteiger partial charge on any atom is -0.496 e. The topological polar surface area (TPSA) is 77.1 Å². The summed E-state index contributed by atoms with van der Waals surface area (Å²) < 4.78 is 29.0. The Balaban J connectivity index is 1.92. The highest BCUT2D eigenvalue weighted by Gasteiger charge is 2.34. The first-order valence-corrected chi connectivity index (χ1v) is 8.35. The Kier molecular flexibility index (Phi) is 5.49. The number of nitrogens with one attached hydrogen (secondary N) is 1. The van der Waals surface area contributed by atoms with Crippen molar-refractivity contribution in [1.29, 1.82) is 0 Å². The van der Waals surface area contributed by atoms with Gasteiger partial charge in [-0.05, 0) is 23.8 Å². The second-order valence-corrected chi connectivity index (χ2v) is 5.95. The summed E-state index contributed by atoms with van der Waals surface area (Å²) in [7, 11) is 4.47. The lowest BCUT2D eigenvalue weighted by atomic mass is 10.1. The predicted molar refractivity (Wildman–Crippen MR) is 99.6 cm³/mol. The molecule has 1 saturated heterocycles. The lowest BCUT2D eigenvalue weighted by Gasteiger charge is -2.13. The molecular weight excluding hydrogens is 367 g/mol. The van der Waals surface area contributed by atoms with Gasteiger partial charge in [0.15, 0.2) is 0 Å². The van der Waals surface area contributed by atoms with E-state index in [0.717, 1.165) is 4.90 Å². The van der Waals surface area contributed by atoms with Crippen LogP contribution in [-0.2, 0) is 11.3 Å². The molecule has 0 atom stereocenters. The number of methoxy groups -OCH3 is 3. The third-order valence-electron chi connectivity index (χ3n) is 4.26. The molecule has 0 saturated carbocycles. The normalized spacial score (nSPS) is 15.0. The van der Waals surface area contributed by atoms with Gasteiger partial charge in [0, 0.05) is 12.1 Å². The van der Waals surface area contributed by atoms with Gasteiger partial charge in [-0.25, -0.2) is 9.18 Å². The molecule has 28 heavy (non-hydrogen) atoms. The van der Waals surface area contributed by atoms with Crippen molar-refractivity contribution in [2.45, 2.75) is 6.54 Å². The zero-order chi connectivity index (χ0) is 20.3. The highest BCUT2D eigenvalue weighted by molar-refractivity contribution is 6.14. The fourth-order valence-electron chi connectivity index (χ4n) is 2.81. The number of halogens is 1. The van der Waals surface area contributed by atoms with Gasteiger partial charge in [-0.1, -0.05) is 12.1 Å². The van der Waals surface area contributed by atoms with Crippen LogP contribution in [0.3, 0.4) is 0 Å². The zero-order valence-electron chi connectivity index (χ0n) is 15.6. The first kappa shape index (κ1) is 19.2. The molecule has 0 aliphatic carbocycles. The Morgan fingerprint density at radius 2 is 1.61 bits per heavy atom. The van der Waals surface area contributed by atoms with Crippen molar-refractivity contribution >= 4 is 18.0 Å². The molecule has 2 aromatic carbocycles. The molecule has 3 rings (SSSR count). The van der Waals surface area contributed by atoms with E-state index in [9.17, 15) is 14.0 Å². The van der Waals surface area contributed by atoms with E-state index in [1.54, 1.807) is 12.1 Å². The zero-order valence-corrected chi connectivity index (χ0v) is 15.6. The summed E-state index contributed by atoms with van der Waals surface area (Å²) >= 11 is 0. The maximum Gasteiger partial charge on any atom is 0.329 e. The van der Waals surface area contributed by atoms with Crippen molar-refractivity contribution in [3.8, 4) is 17.2 Å². The number of nitrogens with zero attached hydrogens (tertiary/aromatic N) is 1. The Bertz CT molecular complexity index is 915. The van der Waals surface area contributed by atoms with E-state index >= 15 is 0 Å². The third kappa shape index (κ3) is 3.75. The maximum atomic E-state index is 13.1. The fraction of sp³-hybridized carbons (Fsp3) is 0.200. The Labute approximate surface area is 161 Å². The van der Waals surface area contributed by atoms with Crippen LogP contribution < -0.4 is 19.5 Å². The van der Waals surface area contributed by atoms with E-state index < -0.39 is 11.9 Å². The average Bonchev–Trinajstić information content (AvgIpc) is 2.97. The summed E-state index contributed by atoms with van der Waals surface area (Å²) in [4.78, 5) is 26.0. The minimum atomic E-state index is -0.563. The number of ether oxygens (including phenoxy) is 3. The first-order valence-electron chi connectivity index (χ1n) is 8.35. The summed E-state index contributed by atoms with van der Waals surface area (Å²) in [5.74, 6) is 0.468. The molecule has 2 aromatic rings. The first-order chi connectivity index (χ1) is 13.5. The molecule has 1 aliphatic rings. The average molecular weight is 386 g/mol. The molecule has 7 nitrogen and oxygen atoms in total. The van der Waals surface area contributed by atoms with Crippen LogP contribution in [0.1, 0.15) is 11.1 Å². The van der Waals surface area contributed by atoms with Crippen molar-refractivity contribution < 1.29 is 28.2 Å². The molecule has 1 N–H and O–H groups in total. The van der Waals surface area contributed by atoms with Crippen LogP contribution in [0, 0.1) is 5.82 Å². The Morgan fingerprint density at radius 3 is 2.14 bits per heavy atom. The number of imide groups is 1. The van der Waals surface area contributed by atoms with E-state index in [4.69, 9.17) is 14.2 Å². The number of rotatable bonds is 6. The van der Waals surface area contributed by atoms with Gasteiger partial charge < -0.3 is 19.5 Å². The summed E-state index contributed by atoms with van der Waals surface area (Å²) in [6, 6.07) is 8.32. The fourth-order valence-corrected chi connectivity index (χ4v) is 2.81. The smallest absolute Gasteiger partial charge is 0.329 e. The minimum absolute atomic E-state index is 0.0270. The maximum absolute atomic E-state index is 13.1. The molecule has 0 radical (unpaired) electrons. The van der Waals surface area contributed by atoms with E-state index in [1.165, 1.54) is 51.7 Å². The van der Waals surface area contributed by atoms with E-state index in [-0.39, 0.29) is 18.1 Å². The lowest BCUT2D eigenvalue weighted by Crippen LogP contribution is -2.30. The molecule has 0 aromatic heterocycles. The van der Waals surface area contributed by atoms with E-state index in [0.29, 0.717) is 28.4 Å². The van der Waals surface area contributed by atoms with E-state index in [1.807, 2.05) is 0 Å². The van der Waals surface area contributed by atoms with Crippen LogP contribution in [0.15, 0.2) is 42.1 Å². The van der Waals surface area contributed by atoms with Crippen LogP contribution in [0.5, 0.6) is 17.2 Å². The van der Waals surface area contributed by atoms with Crippen LogP contribution in [-0.4, -0.2) is 38.2 Å². The van der Waals surface area contributed by atoms with Crippen molar-refractivity contribution in [2.75, 3.05) is 21.3 Å². The van der Waals surface area contributed by atoms with Gasteiger partial charge in [-0.3, -0.25) is 9.69 Å². The second-order valence-electron chi connectivity index (χ2n) is 5.95. The van der Waals surface area contributed by atoms with Crippen LogP contribution in [0.25, 0.3) is 6.08 Å². The molecule has 3 amide bonds. The lowest BCUT2D eigenvalue weighted by molar-refractivity contribution is -0.123. The number of carbonyl (C=O) groups excluding carboxylic acids is 2. The number of hydrogen-bond acceptors (Lipinski definition) is 5. The van der Waals surface area contributed by atoms with Crippen molar-refractivity contribution in [1.82, 2.24) is 10.2 Å². The molecule has 0 unspecified atom stereocenters. The summed E-state index contributed by atoms with van der Waals surface area (Å²) in [6.45, 7) is 0.0270. The largest absolute Gasteiger partial charge is 0.496 e. The Hall–Kier alpha value is -3.55. The van der Waals surface area contributed by atoms with Crippen molar-refractivity contribution in [3.63, 3.8) is 0 Å². The molecule has 1 fully saturated rings. The number of carbonyl (C=O) groups is 2. The van der Waals surface area contributed by atoms with Gasteiger partial charge in [0.1, 0.15) is 28.8 Å². The van der Waals surface area contributed by atoms with Gasteiger partial charge in [-0.2, -0.15) is 0 Å². The van der Waals surface area contributed by atoms with Gasteiger partial charge in [0.2, 0.25) is 0 Å². The Morgan fingerprint density at radius 1 is 1.00 bits per heavy atom. The molecular formula is C20H19FN2O5. The summed E-state index contributed by atoms with van der Waals surface area (Å²) in [6.07, 6.45) is 1.49. The van der Waals surface area contributed by atoms with Crippen LogP contribution in [0.4, 0.5) is 9.18 Å². The molecule has 0 bridgehead atoms. The molecule has 8 heteroatoms. The van der Waals surface area contributed by atoms with Gasteiger partial charge >= 0.3 is 6.03 Å². The molecule has 1 heterocycles. The SMILES string of the molecule is COc1cc(OC)c(/C=C2/NC(=O)N(Cc3ccc(F)cc3)C2=O)c(OC)c1. The predicted octanol–water partition coefficient (Wildman–Crippen LogP) is 2.94. The van der Waals surface area contributed by atoms with Crippen LogP contribution in [0.2, 0.25) is 0 Å². The molecule has 1 aliphatic heterocycles. The number of benzene rings is 2. The standard InChI is InChI=1S/C20H19FN2O5/c1-26-14-8-17(27-2)15(18(9-14)28-3)10-16-19(24)23(20(25)22-16)11-12-4-6-13(21)7-5-12/h4-10H,11H2,1-3H3,(H,22,25)/b16-10+. The van der Waals surface area contributed by atoms with E-state index in [2.05, 4.69) is 5.32 Å². The quantitative estimate of drug-likeness (QED) is 0.610. The highest BCUT2D eigenvalue weighted by Crippen LogP contribution is 2.36. The summed E-state index contributed by atoms with van der Waals surface area (Å²) in [5.41, 5.74) is 1.19. The molecule has 146 valence electrons. The summed E-state index contributed by atoms with van der Waals surface area (Å²) in [5, 5.41) is 2.55. The van der Waals surface area contributed by atoms with Crippen molar-refractivity contribution in [3.05, 3.63) is 59.0 Å². The highest BCUT2D eigenvalue weighted by atomic mass is 19.1. The number of amides is 3. The van der Waals surface area contributed by atoms with Gasteiger partial charge in [0.25, 0.3) is 5.91 Å². The van der Waals surface area contributed by atoms with Gasteiger partial charge in [0.05, 0.1) is 33.4 Å². The van der Waals surface area contributed by atoms with Crippen molar-refractivity contribution in [2.24, 2.45) is 0 Å². The van der Waals surface area contributed by atoms with Gasteiger partial charge in [-0.15, -0.1) is 0 Å². The molecule has 0 spiro atoms. The second kappa shape index (κ2) is 7.99. The number of hydrogen-bond donors (Lipinski definition) is 1. The van der Waals surface area contributed by atoms with Crippen LogP contribution >= 0.6 is 0 Å². The number of urea groups is 1.